The lowest BCUT2D eigenvalue weighted by molar-refractivity contribution is -0.0970. The predicted molar refractivity (Wildman–Crippen MR) is 57.5 cm³/mol. The smallest absolute Gasteiger partial charge is 0.0701 e. The van der Waals surface area contributed by atoms with Gasteiger partial charge in [0.25, 0.3) is 0 Å². The van der Waals surface area contributed by atoms with Crippen LogP contribution in [0, 0.1) is 11.8 Å². The molecule has 0 aliphatic heterocycles. The zero-order valence-corrected chi connectivity index (χ0v) is 9.27. The standard InChI is InChI=1S/C12H22O3/c13-7-8-15-12-6-5-11(14)9-3-1-2-4-10(9)12/h9-14H,1-8H2/t9-,10-,11-,12+/m0/s1. The van der Waals surface area contributed by atoms with Gasteiger partial charge in [0.1, 0.15) is 0 Å². The van der Waals surface area contributed by atoms with Crippen LogP contribution >= 0.6 is 0 Å². The Labute approximate surface area is 91.4 Å². The molecule has 2 saturated carbocycles. The fourth-order valence-corrected chi connectivity index (χ4v) is 3.30. The summed E-state index contributed by atoms with van der Waals surface area (Å²) >= 11 is 0. The van der Waals surface area contributed by atoms with Crippen molar-refractivity contribution in [2.45, 2.75) is 50.7 Å². The van der Waals surface area contributed by atoms with Crippen LogP contribution in [0.5, 0.6) is 0 Å². The van der Waals surface area contributed by atoms with Gasteiger partial charge < -0.3 is 14.9 Å². The van der Waals surface area contributed by atoms with E-state index in [4.69, 9.17) is 9.84 Å². The molecule has 4 atom stereocenters. The predicted octanol–water partition coefficient (Wildman–Crippen LogP) is 1.32. The summed E-state index contributed by atoms with van der Waals surface area (Å²) in [5.41, 5.74) is 0. The summed E-state index contributed by atoms with van der Waals surface area (Å²) in [7, 11) is 0. The number of hydrogen-bond donors (Lipinski definition) is 2. The highest BCUT2D eigenvalue weighted by atomic mass is 16.5. The third-order valence-corrected chi connectivity index (χ3v) is 4.02. The van der Waals surface area contributed by atoms with E-state index in [1.165, 1.54) is 19.3 Å². The Balaban J connectivity index is 1.94. The molecule has 0 amide bonds. The number of rotatable bonds is 3. The molecule has 2 rings (SSSR count). The molecule has 0 aromatic carbocycles. The second-order valence-electron chi connectivity index (χ2n) is 4.89. The van der Waals surface area contributed by atoms with Crippen molar-refractivity contribution in [2.75, 3.05) is 13.2 Å². The van der Waals surface area contributed by atoms with Crippen molar-refractivity contribution < 1.29 is 14.9 Å². The van der Waals surface area contributed by atoms with Crippen LogP contribution in [0.15, 0.2) is 0 Å². The molecule has 0 heterocycles. The largest absolute Gasteiger partial charge is 0.394 e. The average molecular weight is 214 g/mol. The van der Waals surface area contributed by atoms with Gasteiger partial charge in [0.15, 0.2) is 0 Å². The lowest BCUT2D eigenvalue weighted by Gasteiger charge is -2.43. The van der Waals surface area contributed by atoms with Crippen LogP contribution < -0.4 is 0 Å². The number of ether oxygens (including phenoxy) is 1. The van der Waals surface area contributed by atoms with Crippen molar-refractivity contribution >= 4 is 0 Å². The first kappa shape index (κ1) is 11.4. The first-order valence-corrected chi connectivity index (χ1v) is 6.23. The van der Waals surface area contributed by atoms with Gasteiger partial charge in [-0.15, -0.1) is 0 Å². The van der Waals surface area contributed by atoms with E-state index in [2.05, 4.69) is 0 Å². The summed E-state index contributed by atoms with van der Waals surface area (Å²) in [4.78, 5) is 0. The summed E-state index contributed by atoms with van der Waals surface area (Å²) in [5.74, 6) is 0.991. The molecule has 2 aliphatic carbocycles. The summed E-state index contributed by atoms with van der Waals surface area (Å²) in [5, 5.41) is 18.7. The van der Waals surface area contributed by atoms with Crippen molar-refractivity contribution in [3.63, 3.8) is 0 Å². The monoisotopic (exact) mass is 214 g/mol. The van der Waals surface area contributed by atoms with Crippen LogP contribution in [0.25, 0.3) is 0 Å². The SMILES string of the molecule is OCCO[C@@H]1CC[C@H](O)[C@H]2CCCC[C@@H]21. The van der Waals surface area contributed by atoms with Crippen LogP contribution in [0.3, 0.4) is 0 Å². The quantitative estimate of drug-likeness (QED) is 0.745. The number of aliphatic hydroxyl groups excluding tert-OH is 2. The summed E-state index contributed by atoms with van der Waals surface area (Å²) < 4.78 is 5.69. The Hall–Kier alpha value is -0.120. The van der Waals surface area contributed by atoms with Gasteiger partial charge in [-0.2, -0.15) is 0 Å². The van der Waals surface area contributed by atoms with E-state index in [0.29, 0.717) is 18.4 Å². The van der Waals surface area contributed by atoms with Gasteiger partial charge in [0, 0.05) is 0 Å². The Morgan fingerprint density at radius 3 is 2.47 bits per heavy atom. The highest BCUT2D eigenvalue weighted by Crippen LogP contribution is 2.41. The number of aliphatic hydroxyl groups is 2. The average Bonchev–Trinajstić information content (AvgIpc) is 2.29. The van der Waals surface area contributed by atoms with Crippen molar-refractivity contribution in [1.29, 1.82) is 0 Å². The van der Waals surface area contributed by atoms with Gasteiger partial charge in [-0.25, -0.2) is 0 Å². The van der Waals surface area contributed by atoms with Crippen LogP contribution in [0.2, 0.25) is 0 Å². The summed E-state index contributed by atoms with van der Waals surface area (Å²) in [6.07, 6.45) is 6.88. The summed E-state index contributed by atoms with van der Waals surface area (Å²) in [6, 6.07) is 0. The third kappa shape index (κ3) is 2.52. The maximum Gasteiger partial charge on any atom is 0.0701 e. The van der Waals surface area contributed by atoms with Gasteiger partial charge in [-0.05, 0) is 37.5 Å². The minimum Gasteiger partial charge on any atom is -0.394 e. The van der Waals surface area contributed by atoms with E-state index in [1.807, 2.05) is 0 Å². The minimum absolute atomic E-state index is 0.107. The van der Waals surface area contributed by atoms with Crippen molar-refractivity contribution in [3.8, 4) is 0 Å². The molecule has 15 heavy (non-hydrogen) atoms. The van der Waals surface area contributed by atoms with Crippen LogP contribution in [0.4, 0.5) is 0 Å². The molecule has 0 aromatic rings. The van der Waals surface area contributed by atoms with E-state index in [-0.39, 0.29) is 18.8 Å². The normalized spacial score (nSPS) is 41.2. The molecule has 0 spiro atoms. The third-order valence-electron chi connectivity index (χ3n) is 4.02. The second kappa shape index (κ2) is 5.28. The highest BCUT2D eigenvalue weighted by Gasteiger charge is 2.40. The van der Waals surface area contributed by atoms with Gasteiger partial charge in [0.2, 0.25) is 0 Å². The first-order chi connectivity index (χ1) is 7.33. The molecule has 0 bridgehead atoms. The van der Waals surface area contributed by atoms with Gasteiger partial charge >= 0.3 is 0 Å². The van der Waals surface area contributed by atoms with Crippen molar-refractivity contribution in [3.05, 3.63) is 0 Å². The molecule has 3 nitrogen and oxygen atoms in total. The molecule has 2 aliphatic rings. The van der Waals surface area contributed by atoms with E-state index in [1.54, 1.807) is 0 Å². The molecule has 88 valence electrons. The van der Waals surface area contributed by atoms with Crippen molar-refractivity contribution in [2.24, 2.45) is 11.8 Å². The van der Waals surface area contributed by atoms with E-state index in [9.17, 15) is 5.11 Å². The first-order valence-electron chi connectivity index (χ1n) is 6.23. The molecule has 2 N–H and O–H groups in total. The number of hydrogen-bond acceptors (Lipinski definition) is 3. The van der Waals surface area contributed by atoms with Gasteiger partial charge in [0.05, 0.1) is 25.4 Å². The Morgan fingerprint density at radius 2 is 1.73 bits per heavy atom. The van der Waals surface area contributed by atoms with E-state index in [0.717, 1.165) is 19.3 Å². The fraction of sp³-hybridized carbons (Fsp3) is 1.00. The summed E-state index contributed by atoms with van der Waals surface area (Å²) in [6.45, 7) is 0.556. The molecule has 3 heteroatoms. The lowest BCUT2D eigenvalue weighted by atomic mass is 9.68. The molecular weight excluding hydrogens is 192 g/mol. The van der Waals surface area contributed by atoms with Crippen molar-refractivity contribution in [1.82, 2.24) is 0 Å². The topological polar surface area (TPSA) is 49.7 Å². The fourth-order valence-electron chi connectivity index (χ4n) is 3.30. The maximum atomic E-state index is 9.94. The Kier molecular flexibility index (Phi) is 4.00. The number of fused-ring (bicyclic) bond motifs is 1. The molecule has 0 radical (unpaired) electrons. The van der Waals surface area contributed by atoms with E-state index < -0.39 is 0 Å². The Bertz CT molecular complexity index is 193. The second-order valence-corrected chi connectivity index (χ2v) is 4.89. The molecule has 0 unspecified atom stereocenters. The maximum absolute atomic E-state index is 9.94. The molecule has 0 aromatic heterocycles. The zero-order valence-electron chi connectivity index (χ0n) is 9.27. The van der Waals surface area contributed by atoms with Crippen LogP contribution in [-0.4, -0.2) is 35.6 Å². The van der Waals surface area contributed by atoms with Gasteiger partial charge in [-0.3, -0.25) is 0 Å². The minimum atomic E-state index is -0.107. The van der Waals surface area contributed by atoms with Crippen LogP contribution in [-0.2, 0) is 4.74 Å². The highest BCUT2D eigenvalue weighted by molar-refractivity contribution is 4.90. The zero-order chi connectivity index (χ0) is 10.7. The van der Waals surface area contributed by atoms with Crippen LogP contribution in [0.1, 0.15) is 38.5 Å². The lowest BCUT2D eigenvalue weighted by Crippen LogP contribution is -2.44. The van der Waals surface area contributed by atoms with Gasteiger partial charge in [-0.1, -0.05) is 12.8 Å². The molecule has 2 fully saturated rings. The molecule has 0 saturated heterocycles. The van der Waals surface area contributed by atoms with E-state index >= 15 is 0 Å². The molecular formula is C12H22O3. The Morgan fingerprint density at radius 1 is 1.00 bits per heavy atom.